The van der Waals surface area contributed by atoms with E-state index in [1.807, 2.05) is 6.08 Å². The van der Waals surface area contributed by atoms with Gasteiger partial charge < -0.3 is 105 Å². The van der Waals surface area contributed by atoms with Crippen LogP contribution in [0.3, 0.4) is 0 Å². The number of nitrogens with one attached hydrogen (secondary N) is 2. The molecular weight excluding hydrogens is 1130 g/mol. The van der Waals surface area contributed by atoms with E-state index < -0.39 is 155 Å². The van der Waals surface area contributed by atoms with Crippen molar-refractivity contribution in [3.8, 4) is 0 Å². The number of unbranched alkanes of at least 4 members (excludes halogenated alkanes) is 30. The highest BCUT2D eigenvalue weighted by molar-refractivity contribution is 5.76. The third kappa shape index (κ3) is 28.9. The summed E-state index contributed by atoms with van der Waals surface area (Å²) < 4.78 is 34.6. The van der Waals surface area contributed by atoms with Crippen LogP contribution in [-0.2, 0) is 42.8 Å². The number of aliphatic hydroxyl groups excluding tert-OH is 11. The summed E-state index contributed by atoms with van der Waals surface area (Å²) in [6, 6.07) is -2.64. The normalized spacial score (nSPS) is 29.2. The first kappa shape index (κ1) is 78.7. The van der Waals surface area contributed by atoms with Gasteiger partial charge in [-0.3, -0.25) is 9.59 Å². The van der Waals surface area contributed by atoms with Crippen LogP contribution >= 0.6 is 0 Å². The first-order chi connectivity index (χ1) is 41.9. The largest absolute Gasteiger partial charge is 0.544 e. The van der Waals surface area contributed by atoms with Gasteiger partial charge in [0.25, 0.3) is 0 Å². The van der Waals surface area contributed by atoms with Crippen molar-refractivity contribution < 1.29 is 104 Å². The van der Waals surface area contributed by atoms with E-state index in [4.69, 9.17) is 28.4 Å². The molecule has 0 saturated carbocycles. The smallest absolute Gasteiger partial charge is 0.220 e. The van der Waals surface area contributed by atoms with Crippen molar-refractivity contribution in [2.45, 2.75) is 349 Å². The van der Waals surface area contributed by atoms with E-state index in [1.54, 1.807) is 6.08 Å². The highest BCUT2D eigenvalue weighted by Gasteiger charge is 2.58. The predicted molar refractivity (Wildman–Crippen MR) is 322 cm³/mol. The Balaban J connectivity index is 1.61. The number of aliphatic carboxylic acids is 1. The Labute approximate surface area is 518 Å². The van der Waals surface area contributed by atoms with Gasteiger partial charge in [-0.25, -0.2) is 0 Å². The molecule has 18 atom stereocenters. The molecule has 0 bridgehead atoms. The van der Waals surface area contributed by atoms with Crippen LogP contribution in [0.15, 0.2) is 12.2 Å². The average molecular weight is 1250 g/mol. The maximum atomic E-state index is 13.4. The fraction of sp³-hybridized carbons (Fsp3) is 0.922. The van der Waals surface area contributed by atoms with Crippen molar-refractivity contribution in [1.82, 2.24) is 10.6 Å². The quantitative estimate of drug-likeness (QED) is 0.0304. The summed E-state index contributed by atoms with van der Waals surface area (Å²) in [4.78, 5) is 38.3. The Morgan fingerprint density at radius 3 is 1.54 bits per heavy atom. The van der Waals surface area contributed by atoms with Gasteiger partial charge in [0.1, 0.15) is 73.1 Å². The molecule has 87 heavy (non-hydrogen) atoms. The summed E-state index contributed by atoms with van der Waals surface area (Å²) in [6.07, 6.45) is 12.2. The summed E-state index contributed by atoms with van der Waals surface area (Å²) >= 11 is 0. The molecule has 2 amide bonds. The molecule has 0 aliphatic carbocycles. The second-order valence-electron chi connectivity index (χ2n) is 24.7. The summed E-state index contributed by atoms with van der Waals surface area (Å²) in [5.41, 5.74) is 0. The Kier molecular flexibility index (Phi) is 41.3. The zero-order chi connectivity index (χ0) is 64.0. The van der Waals surface area contributed by atoms with E-state index in [0.29, 0.717) is 12.8 Å². The number of carboxylic acids is 1. The molecule has 0 aromatic rings. The number of carbonyl (C=O) groups is 3. The molecule has 23 heteroatoms. The Morgan fingerprint density at radius 1 is 0.609 bits per heavy atom. The molecule has 0 aromatic heterocycles. The van der Waals surface area contributed by atoms with E-state index in [2.05, 4.69) is 24.5 Å². The zero-order valence-corrected chi connectivity index (χ0v) is 52.8. The summed E-state index contributed by atoms with van der Waals surface area (Å²) in [6.45, 7) is 2.07. The first-order valence-electron chi connectivity index (χ1n) is 33.5. The summed E-state index contributed by atoms with van der Waals surface area (Å²) in [5, 5.41) is 138. The third-order valence-corrected chi connectivity index (χ3v) is 17.2. The van der Waals surface area contributed by atoms with Crippen LogP contribution in [0.1, 0.15) is 239 Å². The van der Waals surface area contributed by atoms with Crippen molar-refractivity contribution in [3.63, 3.8) is 0 Å². The van der Waals surface area contributed by atoms with Crippen LogP contribution in [0.2, 0.25) is 0 Å². The van der Waals surface area contributed by atoms with Crippen molar-refractivity contribution in [2.75, 3.05) is 26.4 Å². The van der Waals surface area contributed by atoms with Gasteiger partial charge in [-0.1, -0.05) is 212 Å². The van der Waals surface area contributed by atoms with Crippen LogP contribution in [-0.4, -0.2) is 210 Å². The highest BCUT2D eigenvalue weighted by Crippen LogP contribution is 2.38. The van der Waals surface area contributed by atoms with E-state index in [0.717, 1.165) is 51.9 Å². The lowest BCUT2D eigenvalue weighted by molar-refractivity contribution is -0.411. The summed E-state index contributed by atoms with van der Waals surface area (Å²) in [7, 11) is 0. The molecule has 3 fully saturated rings. The molecule has 3 aliphatic rings. The third-order valence-electron chi connectivity index (χ3n) is 17.2. The molecule has 13 N–H and O–H groups in total. The molecule has 510 valence electrons. The van der Waals surface area contributed by atoms with E-state index >= 15 is 0 Å². The predicted octanol–water partition coefficient (Wildman–Crippen LogP) is 3.78. The maximum absolute atomic E-state index is 13.4. The lowest BCUT2D eigenvalue weighted by atomic mass is 9.88. The number of hydrogen-bond acceptors (Lipinski definition) is 21. The Morgan fingerprint density at radius 2 is 1.08 bits per heavy atom. The number of carbonyl (C=O) groups excluding carboxylic acids is 3. The van der Waals surface area contributed by atoms with Gasteiger partial charge in [-0.2, -0.15) is 0 Å². The maximum Gasteiger partial charge on any atom is 0.220 e. The Bertz CT molecular complexity index is 1820. The van der Waals surface area contributed by atoms with Crippen LogP contribution < -0.4 is 15.7 Å². The van der Waals surface area contributed by atoms with Crippen LogP contribution in [0.5, 0.6) is 0 Å². The van der Waals surface area contributed by atoms with Crippen molar-refractivity contribution in [1.29, 1.82) is 0 Å². The lowest BCUT2D eigenvalue weighted by Crippen LogP contribution is -2.72. The van der Waals surface area contributed by atoms with Crippen molar-refractivity contribution in [3.05, 3.63) is 12.2 Å². The number of carboxylic acid groups (broad SMARTS) is 1. The minimum atomic E-state index is -3.19. The lowest BCUT2D eigenvalue weighted by Gasteiger charge is -2.52. The summed E-state index contributed by atoms with van der Waals surface area (Å²) in [5.74, 6) is -6.52. The van der Waals surface area contributed by atoms with Crippen molar-refractivity contribution >= 4 is 17.8 Å². The minimum absolute atomic E-state index is 0.202. The molecule has 3 saturated heterocycles. The van der Waals surface area contributed by atoms with Crippen molar-refractivity contribution in [2.24, 2.45) is 0 Å². The van der Waals surface area contributed by atoms with Gasteiger partial charge in [0.05, 0.1) is 50.7 Å². The fourth-order valence-electron chi connectivity index (χ4n) is 11.8. The number of aliphatic hydroxyl groups is 11. The number of hydrogen-bond donors (Lipinski definition) is 13. The molecule has 3 heterocycles. The molecule has 3 aliphatic heterocycles. The van der Waals surface area contributed by atoms with Crippen LogP contribution in [0.25, 0.3) is 0 Å². The van der Waals surface area contributed by atoms with Gasteiger partial charge in [0, 0.05) is 19.8 Å². The average Bonchev–Trinajstić information content (AvgIpc) is 1.65. The van der Waals surface area contributed by atoms with E-state index in [-0.39, 0.29) is 12.3 Å². The van der Waals surface area contributed by atoms with Crippen LogP contribution in [0.4, 0.5) is 0 Å². The molecular formula is C64H117N2O21-. The first-order valence-corrected chi connectivity index (χ1v) is 33.5. The molecule has 3 rings (SSSR count). The van der Waals surface area contributed by atoms with E-state index in [1.165, 1.54) is 148 Å². The molecule has 0 radical (unpaired) electrons. The molecule has 23 nitrogen and oxygen atoms in total. The number of amides is 2. The second kappa shape index (κ2) is 45.7. The monoisotopic (exact) mass is 1250 g/mol. The van der Waals surface area contributed by atoms with Gasteiger partial charge in [0.2, 0.25) is 17.6 Å². The van der Waals surface area contributed by atoms with Gasteiger partial charge >= 0.3 is 0 Å². The van der Waals surface area contributed by atoms with Crippen LogP contribution in [0, 0.1) is 0 Å². The standard InChI is InChI=1S/C64H118N2O21/c1-4-6-8-10-12-14-16-18-19-20-21-22-23-24-26-28-30-32-34-36-38-51(74)66-45(46(71)37-35-33-31-29-27-25-17-15-13-11-9-7-5-2)43-82-61-56(78)55(77)58(50(42-69)84-61)85-62-57(79)60(54(76)49(41-68)83-62)87-64(63(80)81)39-47(72)52(65-44(3)70)59(86-64)53(75)48(73)40-67/h35,37,45-50,52-62,67-69,71-73,75-79H,4-34,36,38-43H2,1-3H3,(H,65,70)(H,66,74)(H,80,81)/p-1/b37-35+/t45-,46?,47?,48?,49?,50?,52?,53?,54?,55?,56?,57?,58?,59?,60?,61?,62?,64?/m0/s1. The van der Waals surface area contributed by atoms with E-state index in [9.17, 15) is 75.7 Å². The van der Waals surface area contributed by atoms with Gasteiger partial charge in [-0.15, -0.1) is 0 Å². The minimum Gasteiger partial charge on any atom is -0.544 e. The zero-order valence-electron chi connectivity index (χ0n) is 52.8. The topological polar surface area (TPSA) is 376 Å². The fourth-order valence-corrected chi connectivity index (χ4v) is 11.8. The molecule has 0 spiro atoms. The SMILES string of the molecule is CCCCCCCCCCCCC/C=C/C(O)[C@H](COC1OC(CO)C(OC2OC(CO)C(O)C(OC3(C(=O)[O-])CC(O)C(NC(C)=O)C(C(O)C(O)CO)O3)C2O)C(O)C1O)NC(=O)CCCCCCCCCCCCCCCCCCCCCC. The molecule has 0 aromatic carbocycles. The van der Waals surface area contributed by atoms with Gasteiger partial charge in [0.15, 0.2) is 12.6 Å². The number of allylic oxidation sites excluding steroid dienone is 1. The second-order valence-corrected chi connectivity index (χ2v) is 24.7. The number of rotatable bonds is 50. The van der Waals surface area contributed by atoms with Gasteiger partial charge in [-0.05, 0) is 19.3 Å². The Hall–Kier alpha value is -2.53. The molecule has 17 unspecified atom stereocenters. The highest BCUT2D eigenvalue weighted by atomic mass is 16.8. The number of ether oxygens (including phenoxy) is 6.